The Morgan fingerprint density at radius 3 is 2.81 bits per heavy atom. The van der Waals surface area contributed by atoms with Gasteiger partial charge < -0.3 is 15.1 Å². The zero-order chi connectivity index (χ0) is 11.7. The van der Waals surface area contributed by atoms with Crippen LogP contribution in [0.15, 0.2) is 28.7 Å². The molecule has 0 aliphatic carbocycles. The highest BCUT2D eigenvalue weighted by Gasteiger charge is 2.13. The van der Waals surface area contributed by atoms with Crippen molar-refractivity contribution in [1.82, 2.24) is 4.90 Å². The number of hydrogen-bond acceptors (Lipinski definition) is 3. The van der Waals surface area contributed by atoms with E-state index < -0.39 is 0 Å². The van der Waals surface area contributed by atoms with E-state index in [1.54, 1.807) is 12.1 Å². The fourth-order valence-electron chi connectivity index (χ4n) is 1.70. The summed E-state index contributed by atoms with van der Waals surface area (Å²) in [5, 5.41) is 0.754. The van der Waals surface area contributed by atoms with Gasteiger partial charge >= 0.3 is 0 Å². The fraction of sp³-hybridized carbons (Fsp3) is 0.333. The fourth-order valence-corrected chi connectivity index (χ4v) is 1.70. The Hall–Kier alpha value is -1.39. The number of fused-ring (bicyclic) bond motifs is 1. The Morgan fingerprint density at radius 2 is 2.12 bits per heavy atom. The number of nitrogens with zero attached hydrogens (tertiary/aromatic N) is 1. The number of likely N-dealkylation sites (N-methyl/N-ethyl adjacent to an activating group) is 1. The van der Waals surface area contributed by atoms with E-state index in [0.717, 1.165) is 5.39 Å². The predicted octanol–water partition coefficient (Wildman–Crippen LogP) is 2.13. The molecular weight excluding hydrogens is 207 g/mol. The molecule has 1 aromatic carbocycles. The molecule has 4 heteroatoms. The van der Waals surface area contributed by atoms with Crippen molar-refractivity contribution >= 4 is 11.0 Å². The van der Waals surface area contributed by atoms with Crippen LogP contribution in [0.2, 0.25) is 0 Å². The molecule has 0 fully saturated rings. The number of hydrogen-bond donors (Lipinski definition) is 1. The van der Waals surface area contributed by atoms with Gasteiger partial charge in [-0.3, -0.25) is 0 Å². The molecular formula is C12H15FN2O. The zero-order valence-electron chi connectivity index (χ0n) is 9.40. The second-order valence-corrected chi connectivity index (χ2v) is 4.20. The van der Waals surface area contributed by atoms with Gasteiger partial charge in [0.25, 0.3) is 0 Å². The molecule has 1 aromatic heterocycles. The molecule has 1 unspecified atom stereocenters. The van der Waals surface area contributed by atoms with Crippen LogP contribution in [0.4, 0.5) is 4.39 Å². The minimum absolute atomic E-state index is 0.189. The van der Waals surface area contributed by atoms with Crippen LogP contribution in [0.3, 0.4) is 0 Å². The predicted molar refractivity (Wildman–Crippen MR) is 61.7 cm³/mol. The van der Waals surface area contributed by atoms with Crippen LogP contribution >= 0.6 is 0 Å². The summed E-state index contributed by atoms with van der Waals surface area (Å²) in [5.41, 5.74) is 6.64. The van der Waals surface area contributed by atoms with Gasteiger partial charge in [-0.1, -0.05) is 0 Å². The zero-order valence-corrected chi connectivity index (χ0v) is 9.40. The van der Waals surface area contributed by atoms with Crippen molar-refractivity contribution in [2.75, 3.05) is 20.6 Å². The molecule has 2 N–H and O–H groups in total. The van der Waals surface area contributed by atoms with Crippen molar-refractivity contribution < 1.29 is 8.81 Å². The smallest absolute Gasteiger partial charge is 0.134 e. The maximum atomic E-state index is 13.0. The first kappa shape index (κ1) is 11.1. The summed E-state index contributed by atoms with van der Waals surface area (Å²) in [6.07, 6.45) is 0. The van der Waals surface area contributed by atoms with Crippen molar-refractivity contribution in [1.29, 1.82) is 0 Å². The summed E-state index contributed by atoms with van der Waals surface area (Å²) in [6, 6.07) is 6.06. The summed E-state index contributed by atoms with van der Waals surface area (Å²) in [7, 11) is 3.89. The van der Waals surface area contributed by atoms with Gasteiger partial charge in [0.2, 0.25) is 0 Å². The van der Waals surface area contributed by atoms with Crippen molar-refractivity contribution in [2.45, 2.75) is 6.04 Å². The SMILES string of the molecule is CN(C)CC(N)c1cc2cc(F)ccc2o1. The first-order chi connectivity index (χ1) is 7.56. The summed E-state index contributed by atoms with van der Waals surface area (Å²) in [4.78, 5) is 1.98. The molecule has 2 rings (SSSR count). The van der Waals surface area contributed by atoms with E-state index in [4.69, 9.17) is 10.2 Å². The molecule has 0 saturated heterocycles. The number of nitrogens with two attached hydrogens (primary N) is 1. The highest BCUT2D eigenvalue weighted by atomic mass is 19.1. The van der Waals surface area contributed by atoms with Gasteiger partial charge in [-0.15, -0.1) is 0 Å². The summed E-state index contributed by atoms with van der Waals surface area (Å²) in [6.45, 7) is 0.697. The lowest BCUT2D eigenvalue weighted by atomic mass is 10.2. The lowest BCUT2D eigenvalue weighted by Gasteiger charge is -2.14. The molecule has 0 bridgehead atoms. The van der Waals surface area contributed by atoms with Gasteiger partial charge in [0, 0.05) is 11.9 Å². The van der Waals surface area contributed by atoms with Crippen molar-refractivity contribution in [2.24, 2.45) is 5.73 Å². The third-order valence-electron chi connectivity index (χ3n) is 2.42. The van der Waals surface area contributed by atoms with E-state index in [1.807, 2.05) is 19.0 Å². The van der Waals surface area contributed by atoms with E-state index in [1.165, 1.54) is 12.1 Å². The lowest BCUT2D eigenvalue weighted by molar-refractivity contribution is 0.350. The van der Waals surface area contributed by atoms with E-state index in [-0.39, 0.29) is 11.9 Å². The van der Waals surface area contributed by atoms with E-state index in [9.17, 15) is 4.39 Å². The average molecular weight is 222 g/mol. The summed E-state index contributed by atoms with van der Waals surface area (Å²) in [5.74, 6) is 0.426. The second-order valence-electron chi connectivity index (χ2n) is 4.20. The van der Waals surface area contributed by atoms with Crippen LogP contribution in [-0.2, 0) is 0 Å². The Balaban J connectivity index is 2.32. The highest BCUT2D eigenvalue weighted by molar-refractivity contribution is 5.78. The third-order valence-corrected chi connectivity index (χ3v) is 2.42. The van der Waals surface area contributed by atoms with Crippen LogP contribution in [0.1, 0.15) is 11.8 Å². The molecule has 16 heavy (non-hydrogen) atoms. The van der Waals surface area contributed by atoms with Gasteiger partial charge in [-0.05, 0) is 38.4 Å². The molecule has 1 heterocycles. The first-order valence-corrected chi connectivity index (χ1v) is 5.15. The summed E-state index contributed by atoms with van der Waals surface area (Å²) < 4.78 is 18.5. The Kier molecular flexibility index (Phi) is 2.94. The minimum atomic E-state index is -0.263. The molecule has 0 spiro atoms. The quantitative estimate of drug-likeness (QED) is 0.865. The molecule has 3 nitrogen and oxygen atoms in total. The maximum absolute atomic E-state index is 13.0. The molecule has 0 aliphatic heterocycles. The molecule has 0 saturated carbocycles. The Labute approximate surface area is 93.6 Å². The third kappa shape index (κ3) is 2.23. The van der Waals surface area contributed by atoms with Gasteiger partial charge in [0.15, 0.2) is 0 Å². The lowest BCUT2D eigenvalue weighted by Crippen LogP contribution is -2.25. The molecule has 0 radical (unpaired) electrons. The monoisotopic (exact) mass is 222 g/mol. The van der Waals surface area contributed by atoms with Gasteiger partial charge in [-0.25, -0.2) is 4.39 Å². The standard InChI is InChI=1S/C12H15FN2O/c1-15(2)7-10(14)12-6-8-5-9(13)3-4-11(8)16-12/h3-6,10H,7,14H2,1-2H3. The van der Waals surface area contributed by atoms with Crippen LogP contribution in [-0.4, -0.2) is 25.5 Å². The molecule has 1 atom stereocenters. The van der Waals surface area contributed by atoms with Gasteiger partial charge in [0.05, 0.1) is 6.04 Å². The van der Waals surface area contributed by atoms with Crippen LogP contribution in [0.25, 0.3) is 11.0 Å². The van der Waals surface area contributed by atoms with Crippen LogP contribution < -0.4 is 5.73 Å². The van der Waals surface area contributed by atoms with Crippen molar-refractivity contribution in [3.8, 4) is 0 Å². The van der Waals surface area contributed by atoms with E-state index in [2.05, 4.69) is 0 Å². The molecule has 0 aliphatic rings. The molecule has 2 aromatic rings. The van der Waals surface area contributed by atoms with E-state index >= 15 is 0 Å². The Bertz CT molecular complexity index is 493. The van der Waals surface area contributed by atoms with Crippen molar-refractivity contribution in [3.05, 3.63) is 35.8 Å². The van der Waals surface area contributed by atoms with Crippen molar-refractivity contribution in [3.63, 3.8) is 0 Å². The normalized spacial score (nSPS) is 13.6. The van der Waals surface area contributed by atoms with Gasteiger partial charge in [-0.2, -0.15) is 0 Å². The Morgan fingerprint density at radius 1 is 1.38 bits per heavy atom. The van der Waals surface area contributed by atoms with Gasteiger partial charge in [0.1, 0.15) is 17.2 Å². The molecule has 0 amide bonds. The van der Waals surface area contributed by atoms with E-state index in [0.29, 0.717) is 17.9 Å². The highest BCUT2D eigenvalue weighted by Crippen LogP contribution is 2.23. The number of benzene rings is 1. The summed E-state index contributed by atoms with van der Waals surface area (Å²) >= 11 is 0. The van der Waals surface area contributed by atoms with Crippen LogP contribution in [0.5, 0.6) is 0 Å². The number of furan rings is 1. The average Bonchev–Trinajstić information content (AvgIpc) is 2.59. The minimum Gasteiger partial charge on any atom is -0.459 e. The topological polar surface area (TPSA) is 42.4 Å². The first-order valence-electron chi connectivity index (χ1n) is 5.15. The van der Waals surface area contributed by atoms with Crippen LogP contribution in [0, 0.1) is 5.82 Å². The maximum Gasteiger partial charge on any atom is 0.134 e. The molecule has 86 valence electrons. The second kappa shape index (κ2) is 4.23. The largest absolute Gasteiger partial charge is 0.459 e. The number of halogens is 1. The number of rotatable bonds is 3.